The highest BCUT2D eigenvalue weighted by Gasteiger charge is 2.17. The Labute approximate surface area is 104 Å². The molecule has 0 aliphatic heterocycles. The molecule has 5 nitrogen and oxygen atoms in total. The molecule has 1 amide bonds. The second kappa shape index (κ2) is 9.37. The Balaban J connectivity index is 3.75. The first-order chi connectivity index (χ1) is 7.97. The van der Waals surface area contributed by atoms with Gasteiger partial charge < -0.3 is 14.9 Å². The van der Waals surface area contributed by atoms with E-state index in [0.29, 0.717) is 6.42 Å². The Kier molecular flexibility index (Phi) is 9.00. The van der Waals surface area contributed by atoms with E-state index in [9.17, 15) is 9.59 Å². The lowest BCUT2D eigenvalue weighted by molar-refractivity contribution is -0.141. The number of carbonyl (C=O) groups excluding carboxylic acids is 1. The van der Waals surface area contributed by atoms with Gasteiger partial charge >= 0.3 is 5.97 Å². The van der Waals surface area contributed by atoms with Crippen LogP contribution in [0, 0.1) is 0 Å². The van der Waals surface area contributed by atoms with Crippen LogP contribution in [0.25, 0.3) is 0 Å². The van der Waals surface area contributed by atoms with Crippen molar-refractivity contribution in [2.24, 2.45) is 0 Å². The standard InChI is InChI=1S/C11H22NO4P/c1-4-16-17(3)8-6-5-7-10(11(14)15)12-9(2)13/h10H,4-8H2,1-3H3,(H,12,13)(H,14,15). The second-order valence-corrected chi connectivity index (χ2v) is 5.82. The van der Waals surface area contributed by atoms with Crippen molar-refractivity contribution in [1.82, 2.24) is 5.32 Å². The van der Waals surface area contributed by atoms with Crippen LogP contribution >= 0.6 is 8.15 Å². The number of hydrogen-bond acceptors (Lipinski definition) is 3. The summed E-state index contributed by atoms with van der Waals surface area (Å²) in [6.07, 6.45) is 3.18. The Morgan fingerprint density at radius 2 is 2.06 bits per heavy atom. The van der Waals surface area contributed by atoms with Gasteiger partial charge in [-0.25, -0.2) is 4.79 Å². The summed E-state index contributed by atoms with van der Waals surface area (Å²) in [7, 11) is -0.378. The largest absolute Gasteiger partial charge is 0.480 e. The molecule has 2 unspecified atom stereocenters. The Hall–Kier alpha value is -0.670. The Morgan fingerprint density at radius 3 is 2.53 bits per heavy atom. The molecule has 0 aromatic carbocycles. The molecule has 0 rings (SSSR count). The predicted molar refractivity (Wildman–Crippen MR) is 68.4 cm³/mol. The van der Waals surface area contributed by atoms with Gasteiger partial charge in [-0.15, -0.1) is 0 Å². The monoisotopic (exact) mass is 263 g/mol. The van der Waals surface area contributed by atoms with Gasteiger partial charge in [0.1, 0.15) is 6.04 Å². The van der Waals surface area contributed by atoms with E-state index in [2.05, 4.69) is 12.0 Å². The van der Waals surface area contributed by atoms with Crippen LogP contribution in [0.15, 0.2) is 0 Å². The van der Waals surface area contributed by atoms with Gasteiger partial charge in [-0.2, -0.15) is 0 Å². The van der Waals surface area contributed by atoms with E-state index in [0.717, 1.165) is 25.6 Å². The van der Waals surface area contributed by atoms with Crippen molar-refractivity contribution in [3.05, 3.63) is 0 Å². The van der Waals surface area contributed by atoms with E-state index < -0.39 is 12.0 Å². The maximum Gasteiger partial charge on any atom is 0.326 e. The van der Waals surface area contributed by atoms with Crippen LogP contribution in [-0.2, 0) is 14.1 Å². The molecule has 0 aromatic rings. The van der Waals surface area contributed by atoms with Gasteiger partial charge in [0.25, 0.3) is 0 Å². The van der Waals surface area contributed by atoms with Gasteiger partial charge in [0.05, 0.1) is 0 Å². The minimum Gasteiger partial charge on any atom is -0.480 e. The van der Waals surface area contributed by atoms with Crippen molar-refractivity contribution in [3.63, 3.8) is 0 Å². The molecule has 0 aliphatic rings. The third-order valence-corrected chi connectivity index (χ3v) is 3.89. The summed E-state index contributed by atoms with van der Waals surface area (Å²) in [5.74, 6) is -1.27. The first-order valence-corrected chi connectivity index (χ1v) is 7.70. The van der Waals surface area contributed by atoms with E-state index in [-0.39, 0.29) is 14.1 Å². The van der Waals surface area contributed by atoms with E-state index in [1.165, 1.54) is 6.92 Å². The first kappa shape index (κ1) is 16.3. The first-order valence-electron chi connectivity index (χ1n) is 5.81. The summed E-state index contributed by atoms with van der Waals surface area (Å²) in [6, 6.07) is -0.761. The van der Waals surface area contributed by atoms with Crippen LogP contribution in [0.5, 0.6) is 0 Å². The van der Waals surface area contributed by atoms with Gasteiger partial charge in [-0.3, -0.25) is 4.79 Å². The fourth-order valence-corrected chi connectivity index (χ4v) is 2.71. The van der Waals surface area contributed by atoms with Crippen LogP contribution in [0.3, 0.4) is 0 Å². The lowest BCUT2D eigenvalue weighted by atomic mass is 10.1. The summed E-state index contributed by atoms with van der Waals surface area (Å²) in [4.78, 5) is 21.6. The smallest absolute Gasteiger partial charge is 0.326 e. The molecule has 100 valence electrons. The normalized spacial score (nSPS) is 14.1. The van der Waals surface area contributed by atoms with Gasteiger partial charge in [0.2, 0.25) is 5.91 Å². The zero-order valence-electron chi connectivity index (χ0n) is 10.7. The van der Waals surface area contributed by atoms with Crippen LogP contribution in [0.1, 0.15) is 33.1 Å². The molecule has 0 saturated carbocycles. The molecule has 0 aliphatic carbocycles. The summed E-state index contributed by atoms with van der Waals surface area (Å²) in [5.41, 5.74) is 0. The van der Waals surface area contributed by atoms with Gasteiger partial charge in [-0.05, 0) is 32.6 Å². The van der Waals surface area contributed by atoms with Crippen molar-refractivity contribution in [2.45, 2.75) is 39.2 Å². The molecule has 0 radical (unpaired) electrons. The number of unbranched alkanes of at least 4 members (excludes halogenated alkanes) is 1. The average molecular weight is 263 g/mol. The lowest BCUT2D eigenvalue weighted by Gasteiger charge is -2.14. The molecule has 6 heteroatoms. The highest BCUT2D eigenvalue weighted by atomic mass is 31.1. The highest BCUT2D eigenvalue weighted by Crippen LogP contribution is 2.32. The second-order valence-electron chi connectivity index (χ2n) is 3.86. The van der Waals surface area contributed by atoms with Crippen LogP contribution in [0.2, 0.25) is 0 Å². The number of amides is 1. The number of carbonyl (C=O) groups is 2. The molecular formula is C11H22NO4P. The average Bonchev–Trinajstić information content (AvgIpc) is 2.22. The summed E-state index contributed by atoms with van der Waals surface area (Å²) in [5, 5.41) is 11.3. The number of carboxylic acid groups (broad SMARTS) is 1. The molecule has 0 saturated heterocycles. The summed E-state index contributed by atoms with van der Waals surface area (Å²) >= 11 is 0. The van der Waals surface area contributed by atoms with Crippen LogP contribution in [0.4, 0.5) is 0 Å². The molecule has 2 N–H and O–H groups in total. The quantitative estimate of drug-likeness (QED) is 0.491. The van der Waals surface area contributed by atoms with Gasteiger partial charge in [-0.1, -0.05) is 6.42 Å². The lowest BCUT2D eigenvalue weighted by Crippen LogP contribution is -2.39. The number of hydrogen-bond donors (Lipinski definition) is 2. The van der Waals surface area contributed by atoms with Crippen molar-refractivity contribution in [3.8, 4) is 0 Å². The van der Waals surface area contributed by atoms with Gasteiger partial charge in [0, 0.05) is 21.7 Å². The van der Waals surface area contributed by atoms with E-state index in [1.807, 2.05) is 6.92 Å². The molecular weight excluding hydrogens is 241 g/mol. The Bertz CT molecular complexity index is 248. The molecule has 0 fully saturated rings. The van der Waals surface area contributed by atoms with Crippen LogP contribution < -0.4 is 5.32 Å². The topological polar surface area (TPSA) is 75.6 Å². The molecule has 0 heterocycles. The molecule has 0 spiro atoms. The van der Waals surface area contributed by atoms with E-state index in [4.69, 9.17) is 9.63 Å². The fourth-order valence-electron chi connectivity index (χ4n) is 1.47. The van der Waals surface area contributed by atoms with Gasteiger partial charge in [0.15, 0.2) is 0 Å². The maximum atomic E-state index is 10.8. The van der Waals surface area contributed by atoms with E-state index in [1.54, 1.807) is 0 Å². The summed E-state index contributed by atoms with van der Waals surface area (Å²) in [6.45, 7) is 6.10. The molecule has 0 aromatic heterocycles. The Morgan fingerprint density at radius 1 is 1.41 bits per heavy atom. The van der Waals surface area contributed by atoms with E-state index >= 15 is 0 Å². The minimum absolute atomic E-state index is 0.301. The molecule has 17 heavy (non-hydrogen) atoms. The van der Waals surface area contributed by atoms with Crippen molar-refractivity contribution in [2.75, 3.05) is 19.4 Å². The zero-order chi connectivity index (χ0) is 13.3. The maximum absolute atomic E-state index is 10.8. The minimum atomic E-state index is -0.969. The number of carboxylic acids is 1. The SMILES string of the molecule is CCOP(C)CCCCC(NC(C)=O)C(=O)O. The third kappa shape index (κ3) is 9.07. The molecule has 0 bridgehead atoms. The van der Waals surface area contributed by atoms with Crippen molar-refractivity contribution >= 4 is 20.0 Å². The van der Waals surface area contributed by atoms with Crippen molar-refractivity contribution < 1.29 is 19.2 Å². The molecule has 2 atom stereocenters. The predicted octanol–water partition coefficient (Wildman–Crippen LogP) is 1.81. The zero-order valence-corrected chi connectivity index (χ0v) is 11.6. The van der Waals surface area contributed by atoms with Crippen LogP contribution in [-0.4, -0.2) is 42.5 Å². The number of rotatable bonds is 9. The summed E-state index contributed by atoms with van der Waals surface area (Å²) < 4.78 is 5.44. The highest BCUT2D eigenvalue weighted by molar-refractivity contribution is 7.51. The van der Waals surface area contributed by atoms with Crippen molar-refractivity contribution in [1.29, 1.82) is 0 Å². The number of aliphatic carboxylic acids is 1. The third-order valence-electron chi connectivity index (χ3n) is 2.24. The fraction of sp³-hybridized carbons (Fsp3) is 0.818. The number of nitrogens with one attached hydrogen (secondary N) is 1.